The summed E-state index contributed by atoms with van der Waals surface area (Å²) in [7, 11) is 0. The second-order valence-corrected chi connectivity index (χ2v) is 5.60. The highest BCUT2D eigenvalue weighted by Gasteiger charge is 2.29. The molecule has 0 fully saturated rings. The molecule has 2 aromatic rings. The number of carboxylic acid groups (broad SMARTS) is 1. The van der Waals surface area contributed by atoms with E-state index in [0.717, 1.165) is 22.3 Å². The van der Waals surface area contributed by atoms with Crippen molar-refractivity contribution in [1.82, 2.24) is 5.32 Å². The summed E-state index contributed by atoms with van der Waals surface area (Å²) in [5.41, 5.74) is 9.77. The molecule has 1 amide bonds. The molecule has 7 heteroatoms. The van der Waals surface area contributed by atoms with Crippen LogP contribution in [0.1, 0.15) is 17.0 Å². The minimum atomic E-state index is -1.19. The van der Waals surface area contributed by atoms with Crippen molar-refractivity contribution in [1.29, 1.82) is 0 Å². The molecular formula is C18H19ClN2O4. The lowest BCUT2D eigenvalue weighted by molar-refractivity contribution is -0.139. The van der Waals surface area contributed by atoms with Crippen molar-refractivity contribution < 1.29 is 19.4 Å². The van der Waals surface area contributed by atoms with Crippen molar-refractivity contribution in [2.24, 2.45) is 5.73 Å². The van der Waals surface area contributed by atoms with Gasteiger partial charge in [0.25, 0.3) is 0 Å². The maximum atomic E-state index is 11.8. The normalized spacial score (nSPS) is 13.2. The number of nitrogens with one attached hydrogen (secondary N) is 1. The van der Waals surface area contributed by atoms with Crippen LogP contribution < -0.4 is 11.1 Å². The van der Waals surface area contributed by atoms with Crippen molar-refractivity contribution in [3.63, 3.8) is 0 Å². The van der Waals surface area contributed by atoms with Crippen LogP contribution in [0.4, 0.5) is 4.79 Å². The molecule has 132 valence electrons. The maximum absolute atomic E-state index is 11.8. The molecule has 0 saturated carbocycles. The van der Waals surface area contributed by atoms with E-state index in [1.165, 1.54) is 0 Å². The molecular weight excluding hydrogens is 344 g/mol. The van der Waals surface area contributed by atoms with Crippen LogP contribution in [0, 0.1) is 0 Å². The lowest BCUT2D eigenvalue weighted by atomic mass is 9.98. The molecule has 0 bridgehead atoms. The third kappa shape index (κ3) is 3.75. The van der Waals surface area contributed by atoms with Crippen LogP contribution in [0.15, 0.2) is 48.5 Å². The number of rotatable bonds is 5. The lowest BCUT2D eigenvalue weighted by Gasteiger charge is -2.16. The average molecular weight is 363 g/mol. The van der Waals surface area contributed by atoms with E-state index in [1.807, 2.05) is 48.5 Å². The van der Waals surface area contributed by atoms with E-state index in [9.17, 15) is 9.59 Å². The molecule has 2 aromatic carbocycles. The fourth-order valence-electron chi connectivity index (χ4n) is 3.00. The summed E-state index contributed by atoms with van der Waals surface area (Å²) in [4.78, 5) is 22.7. The number of carboxylic acids is 1. The summed E-state index contributed by atoms with van der Waals surface area (Å²) in [5, 5.41) is 11.2. The highest BCUT2D eigenvalue weighted by Crippen LogP contribution is 2.44. The van der Waals surface area contributed by atoms with Crippen LogP contribution in [0.3, 0.4) is 0 Å². The SMILES string of the molecule is Cl.NC[C@H](NC(=O)OCC1c2ccccc2-c2ccccc21)C(=O)O. The van der Waals surface area contributed by atoms with Gasteiger partial charge in [-0.05, 0) is 22.3 Å². The summed E-state index contributed by atoms with van der Waals surface area (Å²) >= 11 is 0. The minimum Gasteiger partial charge on any atom is -0.480 e. The predicted molar refractivity (Wildman–Crippen MR) is 95.9 cm³/mol. The van der Waals surface area contributed by atoms with E-state index in [2.05, 4.69) is 5.32 Å². The quantitative estimate of drug-likeness (QED) is 0.757. The van der Waals surface area contributed by atoms with Crippen LogP contribution in [0.25, 0.3) is 11.1 Å². The van der Waals surface area contributed by atoms with Gasteiger partial charge in [-0.25, -0.2) is 9.59 Å². The molecule has 6 nitrogen and oxygen atoms in total. The van der Waals surface area contributed by atoms with Crippen LogP contribution in [-0.4, -0.2) is 36.4 Å². The van der Waals surface area contributed by atoms with Gasteiger partial charge in [-0.15, -0.1) is 12.4 Å². The van der Waals surface area contributed by atoms with Crippen LogP contribution in [-0.2, 0) is 9.53 Å². The van der Waals surface area contributed by atoms with Gasteiger partial charge < -0.3 is 20.9 Å². The molecule has 4 N–H and O–H groups in total. The predicted octanol–water partition coefficient (Wildman–Crippen LogP) is 2.36. The van der Waals surface area contributed by atoms with E-state index in [1.54, 1.807) is 0 Å². The highest BCUT2D eigenvalue weighted by molar-refractivity contribution is 5.85. The van der Waals surface area contributed by atoms with Gasteiger partial charge in [0.2, 0.25) is 0 Å². The Balaban J connectivity index is 0.00000225. The van der Waals surface area contributed by atoms with E-state index in [-0.39, 0.29) is 31.5 Å². The molecule has 0 spiro atoms. The van der Waals surface area contributed by atoms with Crippen molar-refractivity contribution >= 4 is 24.5 Å². The van der Waals surface area contributed by atoms with Crippen molar-refractivity contribution in [2.45, 2.75) is 12.0 Å². The van der Waals surface area contributed by atoms with Gasteiger partial charge in [-0.3, -0.25) is 0 Å². The standard InChI is InChI=1S/C18H18N2O4.ClH/c19-9-16(17(21)22)20-18(23)24-10-15-13-7-3-1-5-11(13)12-6-2-4-8-14(12)15;/h1-8,15-16H,9-10,19H2,(H,20,23)(H,21,22);1H/t16-;/m0./s1. The van der Waals surface area contributed by atoms with Gasteiger partial charge in [-0.1, -0.05) is 48.5 Å². The molecule has 0 radical (unpaired) electrons. The van der Waals surface area contributed by atoms with Crippen molar-refractivity contribution in [2.75, 3.05) is 13.2 Å². The number of hydrogen-bond acceptors (Lipinski definition) is 4. The first-order chi connectivity index (χ1) is 11.6. The monoisotopic (exact) mass is 362 g/mol. The molecule has 25 heavy (non-hydrogen) atoms. The Kier molecular flexibility index (Phi) is 6.01. The molecule has 0 aromatic heterocycles. The number of benzene rings is 2. The summed E-state index contributed by atoms with van der Waals surface area (Å²) in [6.07, 6.45) is -0.783. The Hall–Kier alpha value is -2.57. The fraction of sp³-hybridized carbons (Fsp3) is 0.222. The fourth-order valence-corrected chi connectivity index (χ4v) is 3.00. The topological polar surface area (TPSA) is 102 Å². The van der Waals surface area contributed by atoms with Crippen LogP contribution in [0.2, 0.25) is 0 Å². The largest absolute Gasteiger partial charge is 0.480 e. The van der Waals surface area contributed by atoms with E-state index in [4.69, 9.17) is 15.6 Å². The summed E-state index contributed by atoms with van der Waals surface area (Å²) in [6, 6.07) is 14.8. The van der Waals surface area contributed by atoms with Crippen molar-refractivity contribution in [3.05, 3.63) is 59.7 Å². The molecule has 0 heterocycles. The van der Waals surface area contributed by atoms with Crippen LogP contribution in [0.5, 0.6) is 0 Å². The van der Waals surface area contributed by atoms with Gasteiger partial charge in [0.05, 0.1) is 0 Å². The van der Waals surface area contributed by atoms with E-state index >= 15 is 0 Å². The van der Waals surface area contributed by atoms with Crippen molar-refractivity contribution in [3.8, 4) is 11.1 Å². The Morgan fingerprint density at radius 1 is 1.08 bits per heavy atom. The number of halogens is 1. The average Bonchev–Trinajstić information content (AvgIpc) is 2.91. The third-order valence-corrected chi connectivity index (χ3v) is 4.17. The van der Waals surface area contributed by atoms with Gasteiger partial charge in [-0.2, -0.15) is 0 Å². The highest BCUT2D eigenvalue weighted by atomic mass is 35.5. The van der Waals surface area contributed by atoms with E-state index < -0.39 is 18.1 Å². The first kappa shape index (κ1) is 18.8. The Morgan fingerprint density at radius 2 is 1.60 bits per heavy atom. The molecule has 0 aliphatic heterocycles. The van der Waals surface area contributed by atoms with E-state index in [0.29, 0.717) is 0 Å². The molecule has 0 saturated heterocycles. The number of amides is 1. The number of carbonyl (C=O) groups is 2. The van der Waals surface area contributed by atoms with Gasteiger partial charge >= 0.3 is 12.1 Å². The number of aliphatic carboxylic acids is 1. The number of carbonyl (C=O) groups excluding carboxylic acids is 1. The van der Waals surface area contributed by atoms with Crippen LogP contribution >= 0.6 is 12.4 Å². The molecule has 3 rings (SSSR count). The Bertz CT molecular complexity index is 736. The Labute approximate surface area is 151 Å². The minimum absolute atomic E-state index is 0. The summed E-state index contributed by atoms with van der Waals surface area (Å²) < 4.78 is 5.25. The second-order valence-electron chi connectivity index (χ2n) is 5.60. The first-order valence-corrected chi connectivity index (χ1v) is 7.66. The Morgan fingerprint density at radius 3 is 2.08 bits per heavy atom. The third-order valence-electron chi connectivity index (χ3n) is 4.17. The summed E-state index contributed by atoms with van der Waals surface area (Å²) in [6.45, 7) is -0.0592. The smallest absolute Gasteiger partial charge is 0.407 e. The molecule has 1 atom stereocenters. The van der Waals surface area contributed by atoms with Gasteiger partial charge in [0.1, 0.15) is 12.6 Å². The molecule has 1 aliphatic rings. The number of alkyl carbamates (subject to hydrolysis) is 1. The number of hydrogen-bond donors (Lipinski definition) is 3. The zero-order valence-electron chi connectivity index (χ0n) is 13.3. The second kappa shape index (κ2) is 8.00. The zero-order valence-corrected chi connectivity index (χ0v) is 14.2. The molecule has 0 unspecified atom stereocenters. The van der Waals surface area contributed by atoms with Gasteiger partial charge in [0.15, 0.2) is 0 Å². The van der Waals surface area contributed by atoms with Gasteiger partial charge in [0, 0.05) is 12.5 Å². The maximum Gasteiger partial charge on any atom is 0.407 e. The number of ether oxygens (including phenoxy) is 1. The number of fused-ring (bicyclic) bond motifs is 3. The lowest BCUT2D eigenvalue weighted by Crippen LogP contribution is -2.46. The zero-order chi connectivity index (χ0) is 17.1. The summed E-state index contributed by atoms with van der Waals surface area (Å²) in [5.74, 6) is -1.25. The number of nitrogens with two attached hydrogens (primary N) is 1. The first-order valence-electron chi connectivity index (χ1n) is 7.66. The molecule has 1 aliphatic carbocycles.